The summed E-state index contributed by atoms with van der Waals surface area (Å²) in [5, 5.41) is 0.164. The van der Waals surface area contributed by atoms with Crippen molar-refractivity contribution in [1.29, 1.82) is 0 Å². The Morgan fingerprint density at radius 2 is 1.68 bits per heavy atom. The summed E-state index contributed by atoms with van der Waals surface area (Å²) < 4.78 is 64.8. The summed E-state index contributed by atoms with van der Waals surface area (Å²) in [6.45, 7) is 3.99. The third-order valence-corrected chi connectivity index (χ3v) is 5.65. The van der Waals surface area contributed by atoms with E-state index >= 15 is 0 Å². The lowest BCUT2D eigenvalue weighted by Gasteiger charge is -2.10. The van der Waals surface area contributed by atoms with Crippen LogP contribution in [0.4, 0.5) is 13.2 Å². The van der Waals surface area contributed by atoms with Crippen LogP contribution in [0.25, 0.3) is 10.9 Å². The minimum atomic E-state index is -4.48. The van der Waals surface area contributed by atoms with Gasteiger partial charge < -0.3 is 0 Å². The van der Waals surface area contributed by atoms with Crippen LogP contribution in [-0.4, -0.2) is 12.4 Å². The van der Waals surface area contributed by atoms with Gasteiger partial charge in [0.25, 0.3) is 10.0 Å². The molecule has 0 aliphatic carbocycles. The smallest absolute Gasteiger partial charge is 0.232 e. The fourth-order valence-corrected chi connectivity index (χ4v) is 3.87. The Kier molecular flexibility index (Phi) is 4.15. The molecule has 1 aromatic heterocycles. The second-order valence-electron chi connectivity index (χ2n) is 6.04. The summed E-state index contributed by atoms with van der Waals surface area (Å²) in [4.78, 5) is 0.0607. The standard InChI is InChI=1S/C18H15F3NO2S/c1-12(2)13-3-6-16(7-4-13)25(23,24)22-10-9-14-11-15(18(19,20)21)5-8-17(14)22/h3-9,11-12H,1-2H3. The summed E-state index contributed by atoms with van der Waals surface area (Å²) >= 11 is 0. The molecule has 0 amide bonds. The Balaban J connectivity index is 2.08. The lowest BCUT2D eigenvalue weighted by molar-refractivity contribution is -0.137. The van der Waals surface area contributed by atoms with E-state index < -0.39 is 21.8 Å². The van der Waals surface area contributed by atoms with Crippen LogP contribution in [0.2, 0.25) is 0 Å². The summed E-state index contributed by atoms with van der Waals surface area (Å²) in [6, 6.07) is 10.6. The van der Waals surface area contributed by atoms with Crippen molar-refractivity contribution in [3.8, 4) is 0 Å². The predicted octanol–water partition coefficient (Wildman–Crippen LogP) is 4.82. The molecule has 1 heterocycles. The quantitative estimate of drug-likeness (QED) is 0.667. The molecule has 1 radical (unpaired) electrons. The maximum atomic E-state index is 12.8. The molecule has 0 bridgehead atoms. The zero-order chi connectivity index (χ0) is 18.4. The first-order valence-corrected chi connectivity index (χ1v) is 9.00. The van der Waals surface area contributed by atoms with Crippen LogP contribution in [-0.2, 0) is 16.2 Å². The number of rotatable bonds is 3. The molecule has 0 unspecified atom stereocenters. The first kappa shape index (κ1) is 17.5. The van der Waals surface area contributed by atoms with Crippen molar-refractivity contribution >= 4 is 20.9 Å². The van der Waals surface area contributed by atoms with Gasteiger partial charge in [0, 0.05) is 5.39 Å². The second kappa shape index (κ2) is 5.91. The first-order valence-electron chi connectivity index (χ1n) is 7.56. The van der Waals surface area contributed by atoms with Crippen LogP contribution in [0.1, 0.15) is 30.9 Å². The average Bonchev–Trinajstić information content (AvgIpc) is 2.98. The molecule has 3 nitrogen and oxygen atoms in total. The zero-order valence-electron chi connectivity index (χ0n) is 13.5. The van der Waals surface area contributed by atoms with E-state index in [-0.39, 0.29) is 21.7 Å². The molecule has 0 aliphatic rings. The van der Waals surface area contributed by atoms with Crippen molar-refractivity contribution in [2.45, 2.75) is 30.8 Å². The molecule has 2 aromatic carbocycles. The van der Waals surface area contributed by atoms with Crippen molar-refractivity contribution in [2.24, 2.45) is 0 Å². The number of hydrogen-bond acceptors (Lipinski definition) is 2. The molecule has 0 N–H and O–H groups in total. The molecular weight excluding hydrogens is 351 g/mol. The molecule has 0 fully saturated rings. The lowest BCUT2D eigenvalue weighted by Crippen LogP contribution is -2.12. The van der Waals surface area contributed by atoms with Crippen LogP contribution in [0, 0.1) is 6.20 Å². The number of fused-ring (bicyclic) bond motifs is 1. The van der Waals surface area contributed by atoms with Crippen LogP contribution in [0.3, 0.4) is 0 Å². The Labute approximate surface area is 143 Å². The van der Waals surface area contributed by atoms with Crippen LogP contribution in [0.5, 0.6) is 0 Å². The highest BCUT2D eigenvalue weighted by Gasteiger charge is 2.31. The first-order chi connectivity index (χ1) is 11.6. The highest BCUT2D eigenvalue weighted by Crippen LogP contribution is 2.32. The normalized spacial score (nSPS) is 12.9. The zero-order valence-corrected chi connectivity index (χ0v) is 14.3. The molecule has 0 saturated carbocycles. The molecule has 0 spiro atoms. The third-order valence-electron chi connectivity index (χ3n) is 4.00. The van der Waals surface area contributed by atoms with E-state index in [1.165, 1.54) is 18.2 Å². The SMILES string of the molecule is CC(C)c1ccc(S(=O)(=O)n2[c]cc3cc(C(F)(F)F)ccc32)cc1. The summed E-state index contributed by atoms with van der Waals surface area (Å²) in [7, 11) is -3.93. The molecule has 3 aromatic rings. The van der Waals surface area contributed by atoms with E-state index in [9.17, 15) is 21.6 Å². The summed E-state index contributed by atoms with van der Waals surface area (Å²) in [5.41, 5.74) is 0.320. The van der Waals surface area contributed by atoms with Gasteiger partial charge in [0.15, 0.2) is 0 Å². The number of alkyl halides is 3. The Morgan fingerprint density at radius 3 is 2.24 bits per heavy atom. The lowest BCUT2D eigenvalue weighted by atomic mass is 10.0. The second-order valence-corrected chi connectivity index (χ2v) is 7.82. The minimum absolute atomic E-state index is 0.0607. The van der Waals surface area contributed by atoms with Gasteiger partial charge in [0.1, 0.15) is 0 Å². The number of hydrogen-bond donors (Lipinski definition) is 0. The van der Waals surface area contributed by atoms with Gasteiger partial charge in [-0.2, -0.15) is 13.2 Å². The van der Waals surface area contributed by atoms with Crippen molar-refractivity contribution in [3.05, 3.63) is 65.9 Å². The van der Waals surface area contributed by atoms with Crippen molar-refractivity contribution in [1.82, 2.24) is 3.97 Å². The van der Waals surface area contributed by atoms with Crippen molar-refractivity contribution in [2.75, 3.05) is 0 Å². The van der Waals surface area contributed by atoms with Crippen molar-refractivity contribution < 1.29 is 21.6 Å². The highest BCUT2D eigenvalue weighted by atomic mass is 32.2. The Bertz CT molecular complexity index is 1020. The van der Waals surface area contributed by atoms with E-state index in [1.54, 1.807) is 12.1 Å². The van der Waals surface area contributed by atoms with E-state index in [1.807, 2.05) is 13.8 Å². The van der Waals surface area contributed by atoms with Gasteiger partial charge >= 0.3 is 6.18 Å². The minimum Gasteiger partial charge on any atom is -0.232 e. The summed E-state index contributed by atoms with van der Waals surface area (Å²) in [6.07, 6.45) is -1.95. The van der Waals surface area contributed by atoms with Crippen molar-refractivity contribution in [3.63, 3.8) is 0 Å². The van der Waals surface area contributed by atoms with Gasteiger partial charge in [-0.3, -0.25) is 0 Å². The van der Waals surface area contributed by atoms with Gasteiger partial charge in [0.05, 0.1) is 22.2 Å². The molecule has 7 heteroatoms. The van der Waals surface area contributed by atoms with E-state index in [2.05, 4.69) is 6.20 Å². The average molecular weight is 366 g/mol. The molecule has 3 rings (SSSR count). The third kappa shape index (κ3) is 3.16. The fourth-order valence-electron chi connectivity index (χ4n) is 2.56. The Hall–Kier alpha value is -2.28. The topological polar surface area (TPSA) is 39.1 Å². The van der Waals surface area contributed by atoms with Gasteiger partial charge in [-0.05, 0) is 47.9 Å². The monoisotopic (exact) mass is 366 g/mol. The highest BCUT2D eigenvalue weighted by molar-refractivity contribution is 7.90. The largest absolute Gasteiger partial charge is 0.416 e. The maximum Gasteiger partial charge on any atom is 0.416 e. The van der Waals surface area contributed by atoms with E-state index in [0.717, 1.165) is 27.7 Å². The van der Waals surface area contributed by atoms with Crippen LogP contribution in [0.15, 0.2) is 53.4 Å². The molecular formula is C18H15F3NO2S. The van der Waals surface area contributed by atoms with Gasteiger partial charge in [-0.15, -0.1) is 0 Å². The van der Waals surface area contributed by atoms with Gasteiger partial charge in [-0.1, -0.05) is 26.0 Å². The predicted molar refractivity (Wildman–Crippen MR) is 88.9 cm³/mol. The Morgan fingerprint density at radius 1 is 1.04 bits per heavy atom. The number of benzene rings is 2. The number of halogens is 3. The number of aromatic nitrogens is 1. The molecule has 0 atom stereocenters. The molecule has 0 aliphatic heterocycles. The molecule has 131 valence electrons. The number of nitrogens with zero attached hydrogens (tertiary/aromatic N) is 1. The van der Waals surface area contributed by atoms with Gasteiger partial charge in [0.2, 0.25) is 0 Å². The van der Waals surface area contributed by atoms with Gasteiger partial charge in [-0.25, -0.2) is 12.4 Å². The van der Waals surface area contributed by atoms with E-state index in [0.29, 0.717) is 0 Å². The molecule has 25 heavy (non-hydrogen) atoms. The fraction of sp³-hybridized carbons (Fsp3) is 0.222. The van der Waals surface area contributed by atoms with Crippen LogP contribution >= 0.6 is 0 Å². The summed E-state index contributed by atoms with van der Waals surface area (Å²) in [5.74, 6) is 0.261. The maximum absolute atomic E-state index is 12.8. The molecule has 0 saturated heterocycles. The van der Waals surface area contributed by atoms with Crippen LogP contribution < -0.4 is 0 Å². The van der Waals surface area contributed by atoms with E-state index in [4.69, 9.17) is 0 Å².